The number of alkyl halides is 3. The van der Waals surface area contributed by atoms with Crippen LogP contribution in [0, 0.1) is 0 Å². The maximum Gasteiger partial charge on any atom is 0.407 e. The predicted molar refractivity (Wildman–Crippen MR) is 117 cm³/mol. The van der Waals surface area contributed by atoms with Crippen LogP contribution in [0.25, 0.3) is 0 Å². The van der Waals surface area contributed by atoms with Gasteiger partial charge in [-0.1, -0.05) is 29.3 Å². The summed E-state index contributed by atoms with van der Waals surface area (Å²) < 4.78 is 41.0. The highest BCUT2D eigenvalue weighted by Gasteiger charge is 2.69. The first-order chi connectivity index (χ1) is 15.3. The van der Waals surface area contributed by atoms with Gasteiger partial charge in [0.2, 0.25) is 0 Å². The van der Waals surface area contributed by atoms with Gasteiger partial charge in [-0.05, 0) is 65.8 Å². The van der Waals surface area contributed by atoms with E-state index < -0.39 is 40.1 Å². The molecule has 1 aliphatic heterocycles. The number of benzene rings is 2. The molecule has 0 amide bonds. The molecule has 0 aromatic heterocycles. The maximum absolute atomic E-state index is 14.6. The van der Waals surface area contributed by atoms with Crippen LogP contribution in [0.4, 0.5) is 13.2 Å². The number of halogens is 5. The van der Waals surface area contributed by atoms with Crippen molar-refractivity contribution in [2.45, 2.75) is 47.5 Å². The average Bonchev–Trinajstić information content (AvgIpc) is 3.29. The molecule has 3 unspecified atom stereocenters. The number of aliphatic carboxylic acids is 1. The van der Waals surface area contributed by atoms with Gasteiger partial charge in [0.1, 0.15) is 15.6 Å². The first kappa shape index (κ1) is 24.2. The first-order valence-corrected chi connectivity index (χ1v) is 11.5. The van der Waals surface area contributed by atoms with E-state index in [1.807, 2.05) is 0 Å². The monoisotopic (exact) mass is 520 g/mol. The number of fused-ring (bicyclic) bond motifs is 1. The molecule has 11 heteroatoms. The van der Waals surface area contributed by atoms with E-state index in [2.05, 4.69) is 0 Å². The van der Waals surface area contributed by atoms with Gasteiger partial charge in [-0.3, -0.25) is 4.79 Å². The van der Waals surface area contributed by atoms with Crippen LogP contribution in [-0.4, -0.2) is 38.7 Å². The summed E-state index contributed by atoms with van der Waals surface area (Å²) in [7, 11) is 0. The number of carboxylic acid groups (broad SMARTS) is 2. The highest BCUT2D eigenvalue weighted by molar-refractivity contribution is 8.02. The van der Waals surface area contributed by atoms with Crippen molar-refractivity contribution >= 4 is 46.9 Å². The molecule has 2 aliphatic rings. The molecule has 0 saturated carbocycles. The predicted octanol–water partition coefficient (Wildman–Crippen LogP) is 5.42. The zero-order valence-electron chi connectivity index (χ0n) is 16.7. The SMILES string of the molecule is O=C(O)c1ccc(C2(O)CC(c3cc(Cl)cc(Cl)c3)(C(F)(F)F)SC2C(=O)O)c2c1CCC2. The normalized spacial score (nSPS) is 26.9. The second kappa shape index (κ2) is 8.08. The van der Waals surface area contributed by atoms with Crippen molar-refractivity contribution in [3.05, 3.63) is 68.2 Å². The summed E-state index contributed by atoms with van der Waals surface area (Å²) in [4.78, 5) is 23.7. The van der Waals surface area contributed by atoms with Gasteiger partial charge in [0, 0.05) is 16.5 Å². The summed E-state index contributed by atoms with van der Waals surface area (Å²) in [5.41, 5.74) is -1.97. The van der Waals surface area contributed by atoms with Gasteiger partial charge in [-0.15, -0.1) is 11.8 Å². The van der Waals surface area contributed by atoms with E-state index in [4.69, 9.17) is 23.2 Å². The van der Waals surface area contributed by atoms with Gasteiger partial charge in [0.15, 0.2) is 0 Å². The van der Waals surface area contributed by atoms with Crippen molar-refractivity contribution in [2.24, 2.45) is 0 Å². The minimum Gasteiger partial charge on any atom is -0.480 e. The van der Waals surface area contributed by atoms with E-state index >= 15 is 0 Å². The molecule has 2 aromatic carbocycles. The Bertz CT molecular complexity index is 1150. The second-order valence-electron chi connectivity index (χ2n) is 8.20. The number of hydrogen-bond acceptors (Lipinski definition) is 4. The molecular weight excluding hydrogens is 504 g/mol. The quantitative estimate of drug-likeness (QED) is 0.498. The summed E-state index contributed by atoms with van der Waals surface area (Å²) >= 11 is 12.0. The molecule has 0 bridgehead atoms. The molecule has 176 valence electrons. The summed E-state index contributed by atoms with van der Waals surface area (Å²) in [6, 6.07) is 5.84. The third-order valence-corrected chi connectivity index (χ3v) is 8.54. The van der Waals surface area contributed by atoms with Crippen LogP contribution >= 0.6 is 35.0 Å². The van der Waals surface area contributed by atoms with Crippen LogP contribution in [0.5, 0.6) is 0 Å². The standard InChI is InChI=1S/C22H17Cl2F3O5S/c23-11-6-10(7-12(24)8-11)21(22(25,26)27)9-20(32,17(33-21)19(30)31)16-5-4-15(18(28)29)13-2-1-3-14(13)16/h4-8,17,32H,1-3,9H2,(H,28,29)(H,30,31). The summed E-state index contributed by atoms with van der Waals surface area (Å²) in [6.45, 7) is 0. The summed E-state index contributed by atoms with van der Waals surface area (Å²) in [6.07, 6.45) is -4.72. The number of aliphatic hydroxyl groups is 1. The average molecular weight is 521 g/mol. The van der Waals surface area contributed by atoms with E-state index in [1.165, 1.54) is 18.2 Å². The number of thioether (sulfide) groups is 1. The van der Waals surface area contributed by atoms with Crippen LogP contribution in [0.2, 0.25) is 10.0 Å². The van der Waals surface area contributed by atoms with Gasteiger partial charge in [-0.25, -0.2) is 4.79 Å². The van der Waals surface area contributed by atoms with Crippen LogP contribution in [0.1, 0.15) is 45.5 Å². The lowest BCUT2D eigenvalue weighted by molar-refractivity contribution is -0.173. The van der Waals surface area contributed by atoms with Gasteiger partial charge < -0.3 is 15.3 Å². The van der Waals surface area contributed by atoms with Gasteiger partial charge in [-0.2, -0.15) is 13.2 Å². The Morgan fingerprint density at radius 2 is 1.64 bits per heavy atom. The minimum absolute atomic E-state index is 0.00363. The van der Waals surface area contributed by atoms with Crippen LogP contribution in [-0.2, 0) is 28.0 Å². The fraction of sp³-hybridized carbons (Fsp3) is 0.364. The van der Waals surface area contributed by atoms with E-state index in [1.54, 1.807) is 0 Å². The largest absolute Gasteiger partial charge is 0.480 e. The third-order valence-electron chi connectivity index (χ3n) is 6.26. The number of carboxylic acids is 2. The highest BCUT2D eigenvalue weighted by Crippen LogP contribution is 2.65. The molecule has 3 atom stereocenters. The van der Waals surface area contributed by atoms with E-state index in [0.717, 1.165) is 12.1 Å². The van der Waals surface area contributed by atoms with Crippen molar-refractivity contribution in [2.75, 3.05) is 0 Å². The molecule has 2 aromatic rings. The molecular formula is C22H17Cl2F3O5S. The molecule has 4 rings (SSSR count). The number of carbonyl (C=O) groups is 2. The van der Waals surface area contributed by atoms with Crippen LogP contribution in [0.3, 0.4) is 0 Å². The van der Waals surface area contributed by atoms with E-state index in [0.29, 0.717) is 30.4 Å². The maximum atomic E-state index is 14.6. The minimum atomic E-state index is -4.96. The molecule has 1 heterocycles. The number of rotatable bonds is 4. The summed E-state index contributed by atoms with van der Waals surface area (Å²) in [5.74, 6) is -2.81. The number of aromatic carboxylic acids is 1. The molecule has 0 radical (unpaired) electrons. The molecule has 33 heavy (non-hydrogen) atoms. The van der Waals surface area contributed by atoms with Crippen molar-refractivity contribution in [3.63, 3.8) is 0 Å². The molecule has 5 nitrogen and oxygen atoms in total. The molecule has 1 aliphatic carbocycles. The van der Waals surface area contributed by atoms with Crippen LogP contribution in [0.15, 0.2) is 30.3 Å². The molecule has 1 fully saturated rings. The van der Waals surface area contributed by atoms with Crippen molar-refractivity contribution in [3.8, 4) is 0 Å². The Kier molecular flexibility index (Phi) is 5.92. The Balaban J connectivity index is 1.95. The van der Waals surface area contributed by atoms with Gasteiger partial charge in [0.25, 0.3) is 0 Å². The van der Waals surface area contributed by atoms with Gasteiger partial charge in [0.05, 0.1) is 5.56 Å². The lowest BCUT2D eigenvalue weighted by Crippen LogP contribution is -2.42. The summed E-state index contributed by atoms with van der Waals surface area (Å²) in [5, 5.41) is 29.0. The molecule has 3 N–H and O–H groups in total. The van der Waals surface area contributed by atoms with Gasteiger partial charge >= 0.3 is 18.1 Å². The lowest BCUT2D eigenvalue weighted by Gasteiger charge is -2.34. The lowest BCUT2D eigenvalue weighted by atomic mass is 9.76. The Morgan fingerprint density at radius 3 is 2.18 bits per heavy atom. The first-order valence-electron chi connectivity index (χ1n) is 9.85. The zero-order valence-corrected chi connectivity index (χ0v) is 19.1. The Labute approximate surface area is 200 Å². The number of hydrogen-bond donors (Lipinski definition) is 3. The molecule has 0 spiro atoms. The topological polar surface area (TPSA) is 94.8 Å². The van der Waals surface area contributed by atoms with Crippen molar-refractivity contribution in [1.82, 2.24) is 0 Å². The van der Waals surface area contributed by atoms with Crippen molar-refractivity contribution in [1.29, 1.82) is 0 Å². The van der Waals surface area contributed by atoms with E-state index in [9.17, 15) is 38.1 Å². The second-order valence-corrected chi connectivity index (χ2v) is 10.5. The fourth-order valence-electron chi connectivity index (χ4n) is 4.90. The molecule has 1 saturated heterocycles. The smallest absolute Gasteiger partial charge is 0.407 e. The highest BCUT2D eigenvalue weighted by atomic mass is 35.5. The van der Waals surface area contributed by atoms with Crippen LogP contribution < -0.4 is 0 Å². The fourth-order valence-corrected chi connectivity index (χ4v) is 7.03. The van der Waals surface area contributed by atoms with E-state index in [-0.39, 0.29) is 38.5 Å². The van der Waals surface area contributed by atoms with Crippen molar-refractivity contribution < 1.29 is 38.1 Å². The third kappa shape index (κ3) is 3.79. The Morgan fingerprint density at radius 1 is 1.03 bits per heavy atom. The zero-order chi connectivity index (χ0) is 24.3. The Hall–Kier alpha value is -1.94.